The SMILES string of the molecule is O=C(O)N[C@H]1CCC[C@@H](n2c(-c3ccccc3F)nc3cnc(C4=CCCO4)cc32)C1. The van der Waals surface area contributed by atoms with Gasteiger partial charge in [-0.2, -0.15) is 0 Å². The van der Waals surface area contributed by atoms with E-state index in [2.05, 4.69) is 14.9 Å². The molecular weight excluding hydrogens is 399 g/mol. The number of carboxylic acid groups (broad SMARTS) is 1. The third-order valence-electron chi connectivity index (χ3n) is 5.99. The molecule has 0 radical (unpaired) electrons. The van der Waals surface area contributed by atoms with Crippen molar-refractivity contribution >= 4 is 22.9 Å². The first kappa shape index (κ1) is 19.5. The molecule has 2 aromatic heterocycles. The third-order valence-corrected chi connectivity index (χ3v) is 5.99. The van der Waals surface area contributed by atoms with Crippen molar-refractivity contribution in [3.05, 3.63) is 54.1 Å². The molecule has 1 aliphatic heterocycles. The minimum atomic E-state index is -1.02. The number of benzene rings is 1. The molecule has 160 valence electrons. The molecule has 0 saturated heterocycles. The number of halogens is 1. The lowest BCUT2D eigenvalue weighted by atomic mass is 9.90. The Hall–Kier alpha value is -3.42. The molecule has 1 fully saturated rings. The van der Waals surface area contributed by atoms with E-state index in [9.17, 15) is 14.3 Å². The fraction of sp³-hybridized carbons (Fsp3) is 0.348. The van der Waals surface area contributed by atoms with Crippen LogP contribution in [0.3, 0.4) is 0 Å². The van der Waals surface area contributed by atoms with Crippen LogP contribution in [0.2, 0.25) is 0 Å². The predicted octanol–water partition coefficient (Wildman–Crippen LogP) is 4.75. The van der Waals surface area contributed by atoms with Crippen LogP contribution in [0.25, 0.3) is 28.2 Å². The van der Waals surface area contributed by atoms with E-state index in [-0.39, 0.29) is 17.9 Å². The highest BCUT2D eigenvalue weighted by molar-refractivity contribution is 5.82. The number of hydrogen-bond donors (Lipinski definition) is 2. The molecule has 31 heavy (non-hydrogen) atoms. The summed E-state index contributed by atoms with van der Waals surface area (Å²) in [6.07, 6.45) is 6.68. The Morgan fingerprint density at radius 3 is 2.94 bits per heavy atom. The number of ether oxygens (including phenoxy) is 1. The van der Waals surface area contributed by atoms with E-state index in [1.54, 1.807) is 24.4 Å². The minimum absolute atomic E-state index is 0.0149. The number of hydrogen-bond acceptors (Lipinski definition) is 4. The van der Waals surface area contributed by atoms with Gasteiger partial charge >= 0.3 is 6.09 Å². The molecule has 5 rings (SSSR count). The largest absolute Gasteiger partial charge is 0.491 e. The lowest BCUT2D eigenvalue weighted by Crippen LogP contribution is -2.38. The number of rotatable bonds is 4. The summed E-state index contributed by atoms with van der Waals surface area (Å²) in [6, 6.07) is 8.37. The lowest BCUT2D eigenvalue weighted by Gasteiger charge is -2.31. The topological polar surface area (TPSA) is 89.3 Å². The summed E-state index contributed by atoms with van der Waals surface area (Å²) in [5.41, 5.74) is 2.67. The van der Waals surface area contributed by atoms with E-state index in [0.29, 0.717) is 29.9 Å². The van der Waals surface area contributed by atoms with Crippen molar-refractivity contribution < 1.29 is 19.0 Å². The zero-order valence-electron chi connectivity index (χ0n) is 16.9. The van der Waals surface area contributed by atoms with Crippen LogP contribution >= 0.6 is 0 Å². The summed E-state index contributed by atoms with van der Waals surface area (Å²) >= 11 is 0. The van der Waals surface area contributed by atoms with Crippen LogP contribution in [0.1, 0.15) is 43.8 Å². The molecule has 3 heterocycles. The number of amides is 1. The molecule has 0 unspecified atom stereocenters. The first-order valence-electron chi connectivity index (χ1n) is 10.6. The molecule has 1 aromatic carbocycles. The van der Waals surface area contributed by atoms with Gasteiger partial charge in [0.25, 0.3) is 0 Å². The molecule has 1 aliphatic carbocycles. The molecule has 8 heteroatoms. The van der Waals surface area contributed by atoms with Crippen LogP contribution in [0.4, 0.5) is 9.18 Å². The molecule has 3 aromatic rings. The molecule has 2 aliphatic rings. The number of nitrogens with zero attached hydrogens (tertiary/aromatic N) is 3. The summed E-state index contributed by atoms with van der Waals surface area (Å²) in [6.45, 7) is 0.639. The highest BCUT2D eigenvalue weighted by Crippen LogP contribution is 2.37. The van der Waals surface area contributed by atoms with Crippen LogP contribution in [-0.4, -0.2) is 38.4 Å². The van der Waals surface area contributed by atoms with E-state index >= 15 is 0 Å². The summed E-state index contributed by atoms with van der Waals surface area (Å²) in [4.78, 5) is 20.4. The predicted molar refractivity (Wildman–Crippen MR) is 114 cm³/mol. The molecule has 7 nitrogen and oxygen atoms in total. The van der Waals surface area contributed by atoms with Crippen molar-refractivity contribution in [3.8, 4) is 11.4 Å². The fourth-order valence-electron chi connectivity index (χ4n) is 4.64. The van der Waals surface area contributed by atoms with Gasteiger partial charge in [-0.1, -0.05) is 12.1 Å². The summed E-state index contributed by atoms with van der Waals surface area (Å²) in [5, 5.41) is 11.8. The number of pyridine rings is 1. The van der Waals surface area contributed by atoms with Crippen LogP contribution in [0.15, 0.2) is 42.6 Å². The van der Waals surface area contributed by atoms with Gasteiger partial charge < -0.3 is 19.7 Å². The van der Waals surface area contributed by atoms with Gasteiger partial charge in [-0.25, -0.2) is 14.2 Å². The second-order valence-electron chi connectivity index (χ2n) is 8.02. The van der Waals surface area contributed by atoms with Crippen molar-refractivity contribution in [2.45, 2.75) is 44.2 Å². The summed E-state index contributed by atoms with van der Waals surface area (Å²) in [5.74, 6) is 0.940. The van der Waals surface area contributed by atoms with Gasteiger partial charge in [-0.05, 0) is 50.0 Å². The number of imidazole rings is 1. The van der Waals surface area contributed by atoms with Crippen LogP contribution < -0.4 is 5.32 Å². The molecular formula is C23H23FN4O3. The summed E-state index contributed by atoms with van der Waals surface area (Å²) in [7, 11) is 0. The molecule has 0 spiro atoms. The van der Waals surface area contributed by atoms with E-state index in [1.807, 2.05) is 12.1 Å². The third kappa shape index (κ3) is 3.73. The maximum atomic E-state index is 14.7. The highest BCUT2D eigenvalue weighted by atomic mass is 19.1. The normalized spacial score (nSPS) is 21.0. The fourth-order valence-corrected chi connectivity index (χ4v) is 4.64. The van der Waals surface area contributed by atoms with Gasteiger partial charge in [0.15, 0.2) is 0 Å². The van der Waals surface area contributed by atoms with Gasteiger partial charge in [0.05, 0.1) is 23.9 Å². The molecule has 2 atom stereocenters. The zero-order valence-corrected chi connectivity index (χ0v) is 16.9. The average molecular weight is 422 g/mol. The highest BCUT2D eigenvalue weighted by Gasteiger charge is 2.29. The molecule has 1 amide bonds. The van der Waals surface area contributed by atoms with Gasteiger partial charge in [0.2, 0.25) is 0 Å². The Bertz CT molecular complexity index is 1170. The smallest absolute Gasteiger partial charge is 0.404 e. The Balaban J connectivity index is 1.65. The molecule has 1 saturated carbocycles. The standard InChI is InChI=1S/C23H23FN4O3/c24-17-8-2-1-7-16(17)22-27-19-13-25-18(21-9-4-10-31-21)12-20(19)28(22)15-6-3-5-14(11-15)26-23(29)30/h1-2,7-9,12-15,26H,3-6,10-11H2,(H,29,30)/t14-,15+/m0/s1. The quantitative estimate of drug-likeness (QED) is 0.633. The first-order valence-corrected chi connectivity index (χ1v) is 10.6. The maximum absolute atomic E-state index is 14.7. The van der Waals surface area contributed by atoms with Crippen LogP contribution in [0, 0.1) is 5.82 Å². The molecule has 2 N–H and O–H groups in total. The van der Waals surface area contributed by atoms with Crippen molar-refractivity contribution in [1.29, 1.82) is 0 Å². The van der Waals surface area contributed by atoms with Gasteiger partial charge in [-0.3, -0.25) is 4.98 Å². The van der Waals surface area contributed by atoms with E-state index < -0.39 is 6.09 Å². The number of nitrogens with one attached hydrogen (secondary N) is 1. The Morgan fingerprint density at radius 1 is 1.29 bits per heavy atom. The van der Waals surface area contributed by atoms with E-state index in [1.165, 1.54) is 6.07 Å². The van der Waals surface area contributed by atoms with Crippen LogP contribution in [0.5, 0.6) is 0 Å². The minimum Gasteiger partial charge on any atom is -0.491 e. The second kappa shape index (κ2) is 8.02. The Kier molecular flexibility index (Phi) is 5.05. The van der Waals surface area contributed by atoms with Gasteiger partial charge in [0.1, 0.15) is 28.6 Å². The van der Waals surface area contributed by atoms with Gasteiger partial charge in [0, 0.05) is 18.5 Å². The summed E-state index contributed by atoms with van der Waals surface area (Å²) < 4.78 is 22.5. The first-order chi connectivity index (χ1) is 15.1. The van der Waals surface area contributed by atoms with Crippen molar-refractivity contribution in [1.82, 2.24) is 19.9 Å². The van der Waals surface area contributed by atoms with Crippen LogP contribution in [-0.2, 0) is 4.74 Å². The number of fused-ring (bicyclic) bond motifs is 1. The Morgan fingerprint density at radius 2 is 2.16 bits per heavy atom. The average Bonchev–Trinajstić information content (AvgIpc) is 3.41. The monoisotopic (exact) mass is 422 g/mol. The number of carbonyl (C=O) groups is 1. The molecule has 0 bridgehead atoms. The van der Waals surface area contributed by atoms with Crippen molar-refractivity contribution in [2.24, 2.45) is 0 Å². The number of aromatic nitrogens is 3. The van der Waals surface area contributed by atoms with Crippen molar-refractivity contribution in [2.75, 3.05) is 6.61 Å². The zero-order chi connectivity index (χ0) is 21.4. The van der Waals surface area contributed by atoms with E-state index in [0.717, 1.165) is 42.7 Å². The van der Waals surface area contributed by atoms with Crippen molar-refractivity contribution in [3.63, 3.8) is 0 Å². The second-order valence-corrected chi connectivity index (χ2v) is 8.02. The Labute approximate surface area is 178 Å². The van der Waals surface area contributed by atoms with E-state index in [4.69, 9.17) is 9.72 Å². The van der Waals surface area contributed by atoms with Gasteiger partial charge in [-0.15, -0.1) is 0 Å². The lowest BCUT2D eigenvalue weighted by molar-refractivity contribution is 0.182. The maximum Gasteiger partial charge on any atom is 0.404 e.